The van der Waals surface area contributed by atoms with Crippen molar-refractivity contribution in [3.8, 4) is 0 Å². The summed E-state index contributed by atoms with van der Waals surface area (Å²) in [5.41, 5.74) is 3.76. The van der Waals surface area contributed by atoms with Crippen molar-refractivity contribution in [1.29, 1.82) is 0 Å². The van der Waals surface area contributed by atoms with Gasteiger partial charge in [-0.2, -0.15) is 0 Å². The van der Waals surface area contributed by atoms with Crippen LogP contribution in [0, 0.1) is 11.8 Å². The number of nitrogens with zero attached hydrogens (tertiary/aromatic N) is 1. The Labute approximate surface area is 207 Å². The van der Waals surface area contributed by atoms with Crippen molar-refractivity contribution in [2.45, 2.75) is 58.6 Å². The Hall–Kier alpha value is -2.02. The molecule has 34 heavy (non-hydrogen) atoms. The maximum absolute atomic E-state index is 12.0. The summed E-state index contributed by atoms with van der Waals surface area (Å²) >= 11 is 3.94. The van der Waals surface area contributed by atoms with Gasteiger partial charge in [0.1, 0.15) is 6.61 Å². The predicted molar refractivity (Wildman–Crippen MR) is 127 cm³/mol. The lowest BCUT2D eigenvalue weighted by atomic mass is 9.82. The fraction of sp³-hybridized carbons (Fsp3) is 0.609. The molecule has 1 heterocycles. The molecule has 1 aliphatic rings. The van der Waals surface area contributed by atoms with E-state index in [0.717, 1.165) is 10.7 Å². The molecular formula is C23H35N3O7S. The van der Waals surface area contributed by atoms with Gasteiger partial charge < -0.3 is 19.5 Å². The number of carbonyl (C=O) groups is 3. The first-order valence-electron chi connectivity index (χ1n) is 11.6. The topological polar surface area (TPSA) is 126 Å². The van der Waals surface area contributed by atoms with Crippen molar-refractivity contribution in [3.05, 3.63) is 35.9 Å². The molecule has 11 heteroatoms. The van der Waals surface area contributed by atoms with Crippen molar-refractivity contribution in [1.82, 2.24) is 15.9 Å². The molecule has 1 aliphatic heterocycles. The van der Waals surface area contributed by atoms with Gasteiger partial charge in [0.05, 0.1) is 31.3 Å². The van der Waals surface area contributed by atoms with Gasteiger partial charge in [0.2, 0.25) is 12.5 Å². The molecule has 0 radical (unpaired) electrons. The van der Waals surface area contributed by atoms with E-state index in [2.05, 4.69) is 28.6 Å². The molecule has 1 saturated heterocycles. The van der Waals surface area contributed by atoms with Gasteiger partial charge in [-0.05, 0) is 23.8 Å². The van der Waals surface area contributed by atoms with Gasteiger partial charge in [0.25, 0.3) is 0 Å². The molecule has 0 saturated carbocycles. The SMILES string of the molecule is [3H]ON(CCOC1OC(COC(C)=O)C(C)C(C)C1NC(C)=O)NC(Cc1ccccc1)C(=O)S. The minimum Gasteiger partial charge on any atom is -0.463 e. The van der Waals surface area contributed by atoms with Gasteiger partial charge in [0, 0.05) is 13.8 Å². The molecule has 0 bridgehead atoms. The zero-order valence-corrected chi connectivity index (χ0v) is 20.8. The molecule has 0 aromatic heterocycles. The van der Waals surface area contributed by atoms with Gasteiger partial charge in [-0.25, -0.2) is 5.43 Å². The number of esters is 1. The van der Waals surface area contributed by atoms with Crippen molar-refractivity contribution in [3.63, 3.8) is 0 Å². The highest BCUT2D eigenvalue weighted by molar-refractivity contribution is 7.96. The van der Waals surface area contributed by atoms with E-state index in [4.69, 9.17) is 15.6 Å². The lowest BCUT2D eigenvalue weighted by Crippen LogP contribution is -2.58. The number of carbonyl (C=O) groups excluding carboxylic acids is 3. The molecule has 1 aromatic rings. The van der Waals surface area contributed by atoms with Crippen LogP contribution < -0.4 is 10.7 Å². The van der Waals surface area contributed by atoms with Crippen LogP contribution >= 0.6 is 12.6 Å². The van der Waals surface area contributed by atoms with Crippen LogP contribution in [-0.2, 0) is 35.0 Å². The number of nitrogens with one attached hydrogen (secondary N) is 2. The molecule has 0 aliphatic carbocycles. The van der Waals surface area contributed by atoms with E-state index >= 15 is 0 Å². The lowest BCUT2D eigenvalue weighted by molar-refractivity contribution is -0.252. The predicted octanol–water partition coefficient (Wildman–Crippen LogP) is 1.33. The largest absolute Gasteiger partial charge is 0.463 e. The summed E-state index contributed by atoms with van der Waals surface area (Å²) in [5, 5.41) is 8.15. The average molecular weight is 500 g/mol. The quantitative estimate of drug-likeness (QED) is 0.181. The zero-order valence-electron chi connectivity index (χ0n) is 20.9. The second-order valence-corrected chi connectivity index (χ2v) is 8.91. The number of benzene rings is 1. The normalized spacial score (nSPS) is 25.9. The minimum atomic E-state index is -0.815. The second-order valence-electron chi connectivity index (χ2n) is 8.47. The number of ether oxygens (including phenoxy) is 3. The zero-order chi connectivity index (χ0) is 26.0. The van der Waals surface area contributed by atoms with Crippen LogP contribution in [0.3, 0.4) is 0 Å². The number of thiol groups is 1. The van der Waals surface area contributed by atoms with E-state index in [1.165, 1.54) is 13.8 Å². The van der Waals surface area contributed by atoms with E-state index in [1.54, 1.807) is 0 Å². The van der Waals surface area contributed by atoms with Crippen LogP contribution in [0.4, 0.5) is 0 Å². The van der Waals surface area contributed by atoms with Gasteiger partial charge in [0.15, 0.2) is 6.29 Å². The van der Waals surface area contributed by atoms with Crippen molar-refractivity contribution in [2.75, 3.05) is 19.8 Å². The minimum absolute atomic E-state index is 0.0130. The summed E-state index contributed by atoms with van der Waals surface area (Å²) in [6, 6.07) is 8.24. The highest BCUT2D eigenvalue weighted by atomic mass is 32.1. The number of hydrogen-bond acceptors (Lipinski definition) is 9. The molecule has 2 rings (SSSR count). The van der Waals surface area contributed by atoms with Crippen LogP contribution in [0.5, 0.6) is 0 Å². The third-order valence-corrected chi connectivity index (χ3v) is 6.17. The molecule has 6 unspecified atom stereocenters. The Kier molecular flexibility index (Phi) is 10.8. The fourth-order valence-electron chi connectivity index (χ4n) is 3.79. The molecule has 1 aromatic carbocycles. The number of amides is 1. The smallest absolute Gasteiger partial charge is 0.302 e. The lowest BCUT2D eigenvalue weighted by Gasteiger charge is -2.44. The maximum atomic E-state index is 12.0. The highest BCUT2D eigenvalue weighted by Crippen LogP contribution is 2.31. The summed E-state index contributed by atoms with van der Waals surface area (Å²) in [6.07, 6.45) is -0.875. The van der Waals surface area contributed by atoms with Crippen molar-refractivity contribution >= 4 is 29.6 Å². The first kappa shape index (κ1) is 26.6. The van der Waals surface area contributed by atoms with Gasteiger partial charge >= 0.3 is 5.97 Å². The number of rotatable bonds is 13. The van der Waals surface area contributed by atoms with Crippen molar-refractivity contribution < 1.29 is 35.2 Å². The molecule has 6 atom stereocenters. The van der Waals surface area contributed by atoms with Crippen LogP contribution in [0.1, 0.15) is 33.3 Å². The number of hydrazine groups is 1. The standard InChI is InChI=1S/C23H35N3O7S/c1-14-15(2)21(24-16(3)27)23(33-20(14)13-32-17(4)28)31-11-10-26(30)25-19(22(29)34)12-18-8-6-5-7-9-18/h5-9,14-15,19-21,23,25,30H,10-13H2,1-4H3,(H,24,27)(H,29,34)/i30T. The summed E-state index contributed by atoms with van der Waals surface area (Å²) in [6.45, 7) is 6.87. The van der Waals surface area contributed by atoms with Gasteiger partial charge in [-0.15, -0.1) is 17.8 Å². The van der Waals surface area contributed by atoms with Crippen LogP contribution in [-0.4, -0.2) is 71.6 Å². The summed E-state index contributed by atoms with van der Waals surface area (Å²) in [4.78, 5) is 35.0. The molecule has 10 nitrogen and oxygen atoms in total. The Balaban J connectivity index is 1.99. The third-order valence-electron chi connectivity index (χ3n) is 5.86. The van der Waals surface area contributed by atoms with E-state index in [-0.39, 0.29) is 37.5 Å². The summed E-state index contributed by atoms with van der Waals surface area (Å²) < 4.78 is 24.4. The van der Waals surface area contributed by atoms with E-state index < -0.39 is 35.6 Å². The molecule has 190 valence electrons. The van der Waals surface area contributed by atoms with E-state index in [1.807, 2.05) is 44.2 Å². The summed E-state index contributed by atoms with van der Waals surface area (Å²) in [7, 11) is 0. The molecule has 1 amide bonds. The highest BCUT2D eigenvalue weighted by Gasteiger charge is 2.43. The van der Waals surface area contributed by atoms with Crippen LogP contribution in [0.2, 0.25) is 1.43 Å². The van der Waals surface area contributed by atoms with Gasteiger partial charge in [-0.3, -0.25) is 19.6 Å². The fourth-order valence-corrected chi connectivity index (χ4v) is 3.94. The van der Waals surface area contributed by atoms with Crippen LogP contribution in [0.25, 0.3) is 0 Å². The Bertz CT molecular complexity index is 833. The van der Waals surface area contributed by atoms with Crippen molar-refractivity contribution in [2.24, 2.45) is 11.8 Å². The molecule has 1 fully saturated rings. The summed E-state index contributed by atoms with van der Waals surface area (Å²) in [5.74, 6) is -0.677. The molecule has 3 N–H and O–H groups in total. The third kappa shape index (κ3) is 8.97. The first-order valence-corrected chi connectivity index (χ1v) is 11.7. The monoisotopic (exact) mass is 499 g/mol. The first-order chi connectivity index (χ1) is 16.6. The van der Waals surface area contributed by atoms with E-state index in [0.29, 0.717) is 6.42 Å². The second kappa shape index (κ2) is 13.8. The number of hydrogen-bond donors (Lipinski definition) is 4. The Morgan fingerprint density at radius 2 is 1.94 bits per heavy atom. The maximum Gasteiger partial charge on any atom is 0.302 e. The molecular weight excluding hydrogens is 462 g/mol. The van der Waals surface area contributed by atoms with Crippen LogP contribution in [0.15, 0.2) is 30.3 Å². The van der Waals surface area contributed by atoms with E-state index in [9.17, 15) is 14.4 Å². The average Bonchev–Trinajstić information content (AvgIpc) is 2.81. The Morgan fingerprint density at radius 3 is 2.53 bits per heavy atom. The molecule has 0 spiro atoms. The number of hydroxylamine groups is 1. The van der Waals surface area contributed by atoms with Gasteiger partial charge in [-0.1, -0.05) is 44.2 Å². The Morgan fingerprint density at radius 1 is 1.24 bits per heavy atom.